The highest BCUT2D eigenvalue weighted by Crippen LogP contribution is 2.45. The Bertz CT molecular complexity index is 539. The first-order valence-corrected chi connectivity index (χ1v) is 8.37. The summed E-state index contributed by atoms with van der Waals surface area (Å²) < 4.78 is 1.17. The van der Waals surface area contributed by atoms with Crippen LogP contribution in [0.1, 0.15) is 24.1 Å². The van der Waals surface area contributed by atoms with Crippen LogP contribution in [0.2, 0.25) is 0 Å². The molecule has 1 aliphatic carbocycles. The van der Waals surface area contributed by atoms with Crippen LogP contribution in [-0.2, 0) is 0 Å². The van der Waals surface area contributed by atoms with E-state index in [9.17, 15) is 0 Å². The quantitative estimate of drug-likeness (QED) is 0.520. The van der Waals surface area contributed by atoms with Crippen LogP contribution >= 0.6 is 35.0 Å². The first-order valence-electron chi connectivity index (χ1n) is 6.85. The topological polar surface area (TPSA) is 3.24 Å². The Morgan fingerprint density at radius 3 is 1.90 bits per heavy atom. The maximum absolute atomic E-state index is 2.58. The van der Waals surface area contributed by atoms with Crippen molar-refractivity contribution in [2.45, 2.75) is 13.0 Å². The van der Waals surface area contributed by atoms with Gasteiger partial charge in [0.1, 0.15) is 0 Å². The van der Waals surface area contributed by atoms with Crippen molar-refractivity contribution < 1.29 is 0 Å². The van der Waals surface area contributed by atoms with E-state index in [0.717, 1.165) is 13.1 Å². The smallest absolute Gasteiger partial charge is 0.0614 e. The molecule has 2 aromatic rings. The second-order valence-corrected chi connectivity index (χ2v) is 5.97. The van der Waals surface area contributed by atoms with E-state index in [1.807, 2.05) is 0 Å². The van der Waals surface area contributed by atoms with Crippen molar-refractivity contribution in [2.75, 3.05) is 17.5 Å². The number of rotatable bonds is 4. The van der Waals surface area contributed by atoms with Crippen LogP contribution in [-0.4, -0.2) is 22.4 Å². The van der Waals surface area contributed by atoms with E-state index in [1.54, 1.807) is 0 Å². The summed E-state index contributed by atoms with van der Waals surface area (Å²) in [6, 6.07) is 18.1. The summed E-state index contributed by atoms with van der Waals surface area (Å²) in [5.41, 5.74) is 5.76. The fourth-order valence-electron chi connectivity index (χ4n) is 3.10. The Labute approximate surface area is 140 Å². The molecule has 1 aliphatic rings. The lowest BCUT2D eigenvalue weighted by molar-refractivity contribution is 0.258. The summed E-state index contributed by atoms with van der Waals surface area (Å²) in [5, 5.41) is 0. The highest BCUT2D eigenvalue weighted by molar-refractivity contribution is 14.1. The van der Waals surface area contributed by atoms with Gasteiger partial charge >= 0.3 is 0 Å². The Hall–Kier alpha value is -0.580. The van der Waals surface area contributed by atoms with E-state index in [2.05, 4.69) is 82.9 Å². The van der Waals surface area contributed by atoms with Crippen molar-refractivity contribution in [3.8, 4) is 11.1 Å². The molecule has 3 rings (SSSR count). The minimum absolute atomic E-state index is 0. The van der Waals surface area contributed by atoms with Crippen LogP contribution in [0.3, 0.4) is 0 Å². The molecule has 0 saturated heterocycles. The highest BCUT2D eigenvalue weighted by atomic mass is 127. The number of halogens is 2. The van der Waals surface area contributed by atoms with Crippen molar-refractivity contribution in [2.24, 2.45) is 0 Å². The zero-order chi connectivity index (χ0) is 13.2. The molecule has 0 heterocycles. The zero-order valence-electron chi connectivity index (χ0n) is 11.6. The number of benzene rings is 2. The van der Waals surface area contributed by atoms with Crippen molar-refractivity contribution in [1.82, 2.24) is 4.90 Å². The summed E-state index contributed by atoms with van der Waals surface area (Å²) in [5.74, 6) is 0. The van der Waals surface area contributed by atoms with E-state index >= 15 is 0 Å². The van der Waals surface area contributed by atoms with Crippen LogP contribution in [0.4, 0.5) is 0 Å². The molecule has 0 atom stereocenters. The number of hydrogen-bond acceptors (Lipinski definition) is 1. The van der Waals surface area contributed by atoms with Gasteiger partial charge in [-0.1, -0.05) is 78.0 Å². The molecule has 0 bridgehead atoms. The lowest BCUT2D eigenvalue weighted by Gasteiger charge is -2.28. The molecule has 106 valence electrons. The Balaban J connectivity index is 0.00000147. The summed E-state index contributed by atoms with van der Waals surface area (Å²) in [6.07, 6.45) is 0. The van der Waals surface area contributed by atoms with Gasteiger partial charge in [0, 0.05) is 11.0 Å². The predicted molar refractivity (Wildman–Crippen MR) is 97.1 cm³/mol. The van der Waals surface area contributed by atoms with E-state index in [0.29, 0.717) is 6.04 Å². The number of hydrogen-bond donors (Lipinski definition) is 0. The normalized spacial score (nSPS) is 12.9. The van der Waals surface area contributed by atoms with Crippen LogP contribution in [0.5, 0.6) is 0 Å². The molecule has 2 aromatic carbocycles. The minimum Gasteiger partial charge on any atom is -0.292 e. The second-order valence-electron chi connectivity index (χ2n) is 4.89. The molecule has 0 aromatic heterocycles. The third-order valence-electron chi connectivity index (χ3n) is 3.94. The largest absolute Gasteiger partial charge is 0.292 e. The molecule has 0 aliphatic heterocycles. The molecule has 0 amide bonds. The van der Waals surface area contributed by atoms with E-state index in [4.69, 9.17) is 0 Å². The number of alkyl halides is 1. The molecular weight excluding hydrogens is 381 g/mol. The van der Waals surface area contributed by atoms with Gasteiger partial charge in [0.05, 0.1) is 6.04 Å². The Kier molecular flexibility index (Phi) is 5.47. The molecule has 20 heavy (non-hydrogen) atoms. The zero-order valence-corrected chi connectivity index (χ0v) is 14.5. The molecule has 0 spiro atoms. The molecular formula is C17H19ClIN. The van der Waals surface area contributed by atoms with Crippen molar-refractivity contribution >= 4 is 35.0 Å². The van der Waals surface area contributed by atoms with Crippen LogP contribution in [0.15, 0.2) is 48.5 Å². The average molecular weight is 400 g/mol. The van der Waals surface area contributed by atoms with Crippen molar-refractivity contribution in [3.05, 3.63) is 59.7 Å². The maximum atomic E-state index is 2.58. The summed E-state index contributed by atoms with van der Waals surface area (Å²) in [6.45, 7) is 4.50. The lowest BCUT2D eigenvalue weighted by Crippen LogP contribution is -2.30. The SMILES string of the molecule is CCN(CCI)C1c2ccccc2-c2ccccc21.Cl. The van der Waals surface area contributed by atoms with Crippen LogP contribution in [0, 0.1) is 0 Å². The number of nitrogens with zero attached hydrogens (tertiary/aromatic N) is 1. The molecule has 0 N–H and O–H groups in total. The predicted octanol–water partition coefficient (Wildman–Crippen LogP) is 4.94. The van der Waals surface area contributed by atoms with E-state index in [-0.39, 0.29) is 12.4 Å². The van der Waals surface area contributed by atoms with Crippen molar-refractivity contribution in [1.29, 1.82) is 0 Å². The van der Waals surface area contributed by atoms with Crippen molar-refractivity contribution in [3.63, 3.8) is 0 Å². The first kappa shape index (κ1) is 15.8. The van der Waals surface area contributed by atoms with Gasteiger partial charge in [-0.2, -0.15) is 0 Å². The van der Waals surface area contributed by atoms with Gasteiger partial charge in [-0.15, -0.1) is 12.4 Å². The third kappa shape index (κ3) is 2.61. The van der Waals surface area contributed by atoms with Gasteiger partial charge in [0.2, 0.25) is 0 Å². The van der Waals surface area contributed by atoms with Crippen LogP contribution in [0.25, 0.3) is 11.1 Å². The second kappa shape index (κ2) is 6.92. The molecule has 0 fully saturated rings. The summed E-state index contributed by atoms with van der Waals surface area (Å²) in [4.78, 5) is 2.58. The standard InChI is InChI=1S/C17H18IN.ClH/c1-2-19(12-11-18)17-15-9-5-3-7-13(15)14-8-4-6-10-16(14)17;/h3-10,17H,2,11-12H2,1H3;1H. The molecule has 0 radical (unpaired) electrons. The van der Waals surface area contributed by atoms with Gasteiger partial charge in [0.15, 0.2) is 0 Å². The average Bonchev–Trinajstić information content (AvgIpc) is 2.80. The Morgan fingerprint density at radius 1 is 0.950 bits per heavy atom. The highest BCUT2D eigenvalue weighted by Gasteiger charge is 2.31. The van der Waals surface area contributed by atoms with Gasteiger partial charge < -0.3 is 0 Å². The minimum atomic E-state index is 0. The maximum Gasteiger partial charge on any atom is 0.0614 e. The van der Waals surface area contributed by atoms with Crippen LogP contribution < -0.4 is 0 Å². The number of fused-ring (bicyclic) bond motifs is 3. The summed E-state index contributed by atoms with van der Waals surface area (Å²) >= 11 is 2.47. The van der Waals surface area contributed by atoms with Gasteiger partial charge in [-0.3, -0.25) is 4.90 Å². The Morgan fingerprint density at radius 2 is 1.45 bits per heavy atom. The molecule has 1 nitrogen and oxygen atoms in total. The fourth-order valence-corrected chi connectivity index (χ4v) is 3.72. The van der Waals surface area contributed by atoms with Gasteiger partial charge in [-0.05, 0) is 28.8 Å². The van der Waals surface area contributed by atoms with Gasteiger partial charge in [0.25, 0.3) is 0 Å². The molecule has 3 heteroatoms. The molecule has 0 unspecified atom stereocenters. The van der Waals surface area contributed by atoms with Gasteiger partial charge in [-0.25, -0.2) is 0 Å². The third-order valence-corrected chi connectivity index (χ3v) is 4.43. The lowest BCUT2D eigenvalue weighted by atomic mass is 10.0. The first-order chi connectivity index (χ1) is 9.36. The fraction of sp³-hybridized carbons (Fsp3) is 0.294. The summed E-state index contributed by atoms with van der Waals surface area (Å²) in [7, 11) is 0. The van der Waals surface area contributed by atoms with E-state index < -0.39 is 0 Å². The monoisotopic (exact) mass is 399 g/mol. The van der Waals surface area contributed by atoms with E-state index in [1.165, 1.54) is 26.7 Å². The molecule has 0 saturated carbocycles.